The number of benzene rings is 2. The molecule has 0 spiro atoms. The monoisotopic (exact) mass is 413 g/mol. The highest BCUT2D eigenvalue weighted by Crippen LogP contribution is 2.35. The minimum Gasteiger partial charge on any atom is -0.507 e. The fourth-order valence-corrected chi connectivity index (χ4v) is 3.06. The van der Waals surface area contributed by atoms with E-state index in [0.717, 1.165) is 10.0 Å². The number of phenolic OH excluding ortho intramolecular Hbond substituents is 1. The number of methoxy groups -OCH3 is 1. The molecule has 21 heavy (non-hydrogen) atoms. The van der Waals surface area contributed by atoms with E-state index in [4.69, 9.17) is 4.74 Å². The Morgan fingerprint density at radius 3 is 2.52 bits per heavy atom. The number of anilines is 1. The van der Waals surface area contributed by atoms with Gasteiger partial charge in [0.2, 0.25) is 0 Å². The van der Waals surface area contributed by atoms with Gasteiger partial charge in [0.25, 0.3) is 5.91 Å². The number of nitrogens with one attached hydrogen (secondary N) is 1. The number of carbonyl (C=O) groups is 1. The van der Waals surface area contributed by atoms with Crippen molar-refractivity contribution in [1.82, 2.24) is 0 Å². The Balaban J connectivity index is 2.31. The molecule has 0 aliphatic carbocycles. The van der Waals surface area contributed by atoms with Crippen molar-refractivity contribution in [1.29, 1.82) is 0 Å². The molecule has 0 heterocycles. The quantitative estimate of drug-likeness (QED) is 0.777. The van der Waals surface area contributed by atoms with E-state index in [0.29, 0.717) is 15.9 Å². The Morgan fingerprint density at radius 2 is 1.90 bits per heavy atom. The van der Waals surface area contributed by atoms with Gasteiger partial charge in [-0.05, 0) is 62.5 Å². The maximum atomic E-state index is 12.2. The molecule has 2 rings (SSSR count). The van der Waals surface area contributed by atoms with Crippen molar-refractivity contribution in [2.75, 3.05) is 12.4 Å². The summed E-state index contributed by atoms with van der Waals surface area (Å²) in [5.41, 5.74) is 1.66. The maximum Gasteiger partial charge on any atom is 0.259 e. The fraction of sp³-hybridized carbons (Fsp3) is 0.133. The predicted octanol–water partition coefficient (Wildman–Crippen LogP) is 4.49. The molecule has 0 aromatic heterocycles. The minimum atomic E-state index is -0.391. The van der Waals surface area contributed by atoms with Crippen LogP contribution in [0.4, 0.5) is 5.69 Å². The lowest BCUT2D eigenvalue weighted by Gasteiger charge is -2.12. The average molecular weight is 415 g/mol. The summed E-state index contributed by atoms with van der Waals surface area (Å²) in [6, 6.07) is 8.38. The second-order valence-corrected chi connectivity index (χ2v) is 6.15. The summed E-state index contributed by atoms with van der Waals surface area (Å²) in [5, 5.41) is 12.6. The van der Waals surface area contributed by atoms with E-state index in [1.807, 2.05) is 6.92 Å². The second kappa shape index (κ2) is 6.49. The number of hydrogen-bond donors (Lipinski definition) is 2. The third-order valence-electron chi connectivity index (χ3n) is 2.89. The zero-order chi connectivity index (χ0) is 15.6. The summed E-state index contributed by atoms with van der Waals surface area (Å²) in [5.74, 6) is 0.159. The Bertz CT molecular complexity index is 702. The third kappa shape index (κ3) is 3.57. The van der Waals surface area contributed by atoms with E-state index >= 15 is 0 Å². The molecule has 0 unspecified atom stereocenters. The summed E-state index contributed by atoms with van der Waals surface area (Å²) in [6.45, 7) is 1.84. The Hall–Kier alpha value is -1.53. The maximum absolute atomic E-state index is 12.2. The van der Waals surface area contributed by atoms with Crippen LogP contribution >= 0.6 is 31.9 Å². The molecule has 2 aromatic rings. The van der Waals surface area contributed by atoms with Gasteiger partial charge in [0.05, 0.1) is 22.8 Å². The molecule has 4 nitrogen and oxygen atoms in total. The summed E-state index contributed by atoms with van der Waals surface area (Å²) in [6.07, 6.45) is 0. The number of rotatable bonds is 3. The van der Waals surface area contributed by atoms with E-state index in [1.54, 1.807) is 37.4 Å². The fourth-order valence-electron chi connectivity index (χ4n) is 1.80. The first-order chi connectivity index (χ1) is 9.92. The molecule has 110 valence electrons. The van der Waals surface area contributed by atoms with Crippen LogP contribution in [0.3, 0.4) is 0 Å². The first kappa shape index (κ1) is 15.9. The number of carbonyl (C=O) groups excluding carboxylic acids is 1. The van der Waals surface area contributed by atoms with Crippen LogP contribution in [0.1, 0.15) is 15.9 Å². The second-order valence-electron chi connectivity index (χ2n) is 4.44. The smallest absolute Gasteiger partial charge is 0.259 e. The lowest BCUT2D eigenvalue weighted by molar-refractivity contribution is 0.102. The lowest BCUT2D eigenvalue weighted by atomic mass is 10.1. The van der Waals surface area contributed by atoms with Crippen LogP contribution in [0, 0.1) is 6.92 Å². The van der Waals surface area contributed by atoms with Gasteiger partial charge < -0.3 is 15.2 Å². The molecular weight excluding hydrogens is 402 g/mol. The standard InChI is InChI=1S/C15H13Br2NO3/c1-8-3-4-9(13(19)5-8)15(20)18-12-7-14(21-2)11(17)6-10(12)16/h3-7,19H,1-2H3,(H,18,20). The largest absolute Gasteiger partial charge is 0.507 e. The van der Waals surface area contributed by atoms with Crippen molar-refractivity contribution in [3.63, 3.8) is 0 Å². The third-order valence-corrected chi connectivity index (χ3v) is 4.16. The number of ether oxygens (including phenoxy) is 1. The van der Waals surface area contributed by atoms with Crippen LogP contribution in [0.15, 0.2) is 39.3 Å². The van der Waals surface area contributed by atoms with Gasteiger partial charge in [-0.2, -0.15) is 0 Å². The van der Waals surface area contributed by atoms with Crippen LogP contribution in [0.25, 0.3) is 0 Å². The molecule has 0 atom stereocenters. The van der Waals surface area contributed by atoms with Gasteiger partial charge in [0, 0.05) is 10.5 Å². The number of aryl methyl sites for hydroxylation is 1. The van der Waals surface area contributed by atoms with Crippen molar-refractivity contribution < 1.29 is 14.6 Å². The van der Waals surface area contributed by atoms with Crippen LogP contribution in [0.2, 0.25) is 0 Å². The zero-order valence-electron chi connectivity index (χ0n) is 11.4. The molecule has 2 N–H and O–H groups in total. The Morgan fingerprint density at radius 1 is 1.19 bits per heavy atom. The predicted molar refractivity (Wildman–Crippen MR) is 89.2 cm³/mol. The number of hydrogen-bond acceptors (Lipinski definition) is 3. The van der Waals surface area contributed by atoms with Crippen molar-refractivity contribution >= 4 is 43.5 Å². The van der Waals surface area contributed by atoms with Crippen LogP contribution < -0.4 is 10.1 Å². The first-order valence-electron chi connectivity index (χ1n) is 6.06. The van der Waals surface area contributed by atoms with E-state index < -0.39 is 5.91 Å². The zero-order valence-corrected chi connectivity index (χ0v) is 14.6. The Labute approximate surface area is 139 Å². The molecule has 0 aliphatic heterocycles. The molecule has 0 aliphatic rings. The topological polar surface area (TPSA) is 58.6 Å². The molecular formula is C15H13Br2NO3. The molecule has 0 radical (unpaired) electrons. The molecule has 0 saturated carbocycles. The van der Waals surface area contributed by atoms with Gasteiger partial charge in [-0.3, -0.25) is 4.79 Å². The number of halogens is 2. The molecule has 6 heteroatoms. The highest BCUT2D eigenvalue weighted by atomic mass is 79.9. The van der Waals surface area contributed by atoms with Gasteiger partial charge in [0.15, 0.2) is 0 Å². The van der Waals surface area contributed by atoms with Crippen LogP contribution in [0.5, 0.6) is 11.5 Å². The SMILES string of the molecule is COc1cc(NC(=O)c2ccc(C)cc2O)c(Br)cc1Br. The highest BCUT2D eigenvalue weighted by molar-refractivity contribution is 9.11. The molecule has 0 bridgehead atoms. The van der Waals surface area contributed by atoms with Gasteiger partial charge >= 0.3 is 0 Å². The Kier molecular flexibility index (Phi) is 4.90. The van der Waals surface area contributed by atoms with Crippen molar-refractivity contribution in [2.45, 2.75) is 6.92 Å². The van der Waals surface area contributed by atoms with E-state index in [2.05, 4.69) is 37.2 Å². The molecule has 2 aromatic carbocycles. The van der Waals surface area contributed by atoms with Crippen molar-refractivity contribution in [3.05, 3.63) is 50.4 Å². The number of aromatic hydroxyl groups is 1. The number of phenols is 1. The van der Waals surface area contributed by atoms with Gasteiger partial charge in [-0.15, -0.1) is 0 Å². The van der Waals surface area contributed by atoms with Gasteiger partial charge in [0.1, 0.15) is 11.5 Å². The molecule has 1 amide bonds. The van der Waals surface area contributed by atoms with E-state index in [9.17, 15) is 9.90 Å². The summed E-state index contributed by atoms with van der Waals surface area (Å²) in [4.78, 5) is 12.2. The molecule has 0 saturated heterocycles. The molecule has 0 fully saturated rings. The highest BCUT2D eigenvalue weighted by Gasteiger charge is 2.14. The van der Waals surface area contributed by atoms with Gasteiger partial charge in [-0.25, -0.2) is 0 Å². The van der Waals surface area contributed by atoms with E-state index in [1.165, 1.54) is 0 Å². The number of amides is 1. The van der Waals surface area contributed by atoms with Gasteiger partial charge in [-0.1, -0.05) is 6.07 Å². The summed E-state index contributed by atoms with van der Waals surface area (Å²) >= 11 is 6.74. The summed E-state index contributed by atoms with van der Waals surface area (Å²) < 4.78 is 6.67. The minimum absolute atomic E-state index is 0.0484. The van der Waals surface area contributed by atoms with Crippen molar-refractivity contribution in [3.8, 4) is 11.5 Å². The average Bonchev–Trinajstić information content (AvgIpc) is 2.41. The normalized spacial score (nSPS) is 10.3. The summed E-state index contributed by atoms with van der Waals surface area (Å²) in [7, 11) is 1.55. The van der Waals surface area contributed by atoms with Crippen molar-refractivity contribution in [2.24, 2.45) is 0 Å². The van der Waals surface area contributed by atoms with E-state index in [-0.39, 0.29) is 11.3 Å². The van der Waals surface area contributed by atoms with Crippen LogP contribution in [-0.2, 0) is 0 Å². The first-order valence-corrected chi connectivity index (χ1v) is 7.65. The lowest BCUT2D eigenvalue weighted by Crippen LogP contribution is -2.12. The van der Waals surface area contributed by atoms with Crippen LogP contribution in [-0.4, -0.2) is 18.1 Å².